The Morgan fingerprint density at radius 3 is 2.88 bits per heavy atom. The molecule has 2 aliphatic heterocycles. The van der Waals surface area contributed by atoms with Gasteiger partial charge in [-0.25, -0.2) is 0 Å². The van der Waals surface area contributed by atoms with Crippen LogP contribution in [0.5, 0.6) is 0 Å². The minimum atomic E-state index is -3.66. The van der Waals surface area contributed by atoms with Gasteiger partial charge in [-0.1, -0.05) is 0 Å². The monoisotopic (exact) mass is 635 g/mol. The zero-order valence-corrected chi connectivity index (χ0v) is 21.3. The van der Waals surface area contributed by atoms with Crippen LogP contribution in [0.3, 0.4) is 0 Å². The predicted molar refractivity (Wildman–Crippen MR) is 110 cm³/mol. The van der Waals surface area contributed by atoms with Gasteiger partial charge in [0, 0.05) is 0 Å². The number of aliphatic hydroxyl groups is 1. The minimum absolute atomic E-state index is 0.0848. The Bertz CT molecular complexity index is 1210. The molecule has 188 valence electrons. The number of ether oxygens (including phenoxy) is 1. The molecule has 3 heterocycles. The first kappa shape index (κ1) is 25.9. The van der Waals surface area contributed by atoms with E-state index in [1.807, 2.05) is 4.98 Å². The topological polar surface area (TPSA) is 129 Å². The van der Waals surface area contributed by atoms with Crippen molar-refractivity contribution >= 4 is 16.8 Å². The van der Waals surface area contributed by atoms with Crippen molar-refractivity contribution in [2.75, 3.05) is 13.2 Å². The third-order valence-corrected chi connectivity index (χ3v) is 11.0. The normalized spacial score (nSPS) is 33.9. The van der Waals surface area contributed by atoms with Gasteiger partial charge in [0.1, 0.15) is 0 Å². The first-order valence-electron chi connectivity index (χ1n) is 10.00. The number of rotatable bonds is 6. The standard InChI is InChI=1S/C19H20ClF2IN2O8P/c1-19(22)16(27)14(32-17(19)25-4-2-15(26)24-18(25)28)9-30-23-34(29)31-5-3-13(33-34)10-6-11(20)8-12(21)7-10/h2,4,6-8,13-14,16-17,27H,3,5,9H2,1H3,(H,24,26,28)/q-1/t13-,14+,16+,17+,19+,34+/m0/s1. The molecule has 0 amide bonds. The van der Waals surface area contributed by atoms with Crippen LogP contribution in [-0.4, -0.2) is 45.7 Å². The molecule has 0 aliphatic carbocycles. The molecule has 2 fully saturated rings. The molecule has 2 aliphatic rings. The summed E-state index contributed by atoms with van der Waals surface area (Å²) in [6, 6.07) is 4.90. The van der Waals surface area contributed by atoms with Crippen LogP contribution in [0.25, 0.3) is 0 Å². The summed E-state index contributed by atoms with van der Waals surface area (Å²) in [4.78, 5) is 25.3. The van der Waals surface area contributed by atoms with Crippen molar-refractivity contribution < 1.29 is 56.4 Å². The van der Waals surface area contributed by atoms with Gasteiger partial charge in [-0.3, -0.25) is 0 Å². The van der Waals surface area contributed by atoms with E-state index < -0.39 is 73.6 Å². The quantitative estimate of drug-likeness (QED) is 0.325. The molecule has 0 saturated carbocycles. The molecule has 2 N–H and O–H groups in total. The number of nitrogens with one attached hydrogen (secondary N) is 1. The van der Waals surface area contributed by atoms with Crippen molar-refractivity contribution in [1.82, 2.24) is 9.55 Å². The Morgan fingerprint density at radius 2 is 2.18 bits per heavy atom. The van der Waals surface area contributed by atoms with Gasteiger partial charge < -0.3 is 0 Å². The molecular weight excluding hydrogens is 616 g/mol. The second-order valence-electron chi connectivity index (χ2n) is 7.83. The molecule has 1 aromatic heterocycles. The number of benzene rings is 1. The van der Waals surface area contributed by atoms with Crippen LogP contribution in [0.4, 0.5) is 8.78 Å². The van der Waals surface area contributed by atoms with Crippen LogP contribution in [0, 0.1) is 5.82 Å². The van der Waals surface area contributed by atoms with Gasteiger partial charge in [0.15, 0.2) is 0 Å². The van der Waals surface area contributed by atoms with E-state index in [-0.39, 0.29) is 18.2 Å². The molecule has 1 aromatic carbocycles. The molecule has 34 heavy (non-hydrogen) atoms. The van der Waals surface area contributed by atoms with Gasteiger partial charge in [0.05, 0.1) is 0 Å². The van der Waals surface area contributed by atoms with Gasteiger partial charge >= 0.3 is 207 Å². The van der Waals surface area contributed by atoms with Crippen molar-refractivity contribution in [3.05, 3.63) is 67.7 Å². The van der Waals surface area contributed by atoms with Crippen LogP contribution in [0.15, 0.2) is 40.1 Å². The first-order chi connectivity index (χ1) is 16.0. The number of aromatic nitrogens is 2. The van der Waals surface area contributed by atoms with Gasteiger partial charge in [-0.05, 0) is 0 Å². The van der Waals surface area contributed by atoms with Crippen molar-refractivity contribution in [2.45, 2.75) is 43.6 Å². The van der Waals surface area contributed by atoms with E-state index >= 15 is 4.39 Å². The number of halogens is 4. The van der Waals surface area contributed by atoms with Crippen LogP contribution >= 0.6 is 16.8 Å². The van der Waals surface area contributed by atoms with Crippen LogP contribution in [-0.2, 0) is 21.4 Å². The summed E-state index contributed by atoms with van der Waals surface area (Å²) in [6.45, 7) is 0.788. The van der Waals surface area contributed by atoms with E-state index in [0.29, 0.717) is 12.0 Å². The zero-order valence-electron chi connectivity index (χ0n) is 17.5. The van der Waals surface area contributed by atoms with Crippen molar-refractivity contribution in [3.63, 3.8) is 0 Å². The van der Waals surface area contributed by atoms with E-state index in [2.05, 4.69) is 0 Å². The zero-order chi connectivity index (χ0) is 24.7. The van der Waals surface area contributed by atoms with Crippen molar-refractivity contribution in [2.24, 2.45) is 0 Å². The van der Waals surface area contributed by atoms with Crippen LogP contribution in [0.1, 0.15) is 31.2 Å². The maximum atomic E-state index is 15.2. The Morgan fingerprint density at radius 1 is 1.41 bits per heavy atom. The molecule has 6 atom stereocenters. The number of aromatic amines is 1. The molecule has 0 bridgehead atoms. The fraction of sp³-hybridized carbons (Fsp3) is 0.474. The summed E-state index contributed by atoms with van der Waals surface area (Å²) in [6.07, 6.45) is -3.74. The molecule has 4 rings (SSSR count). The first-order valence-corrected chi connectivity index (χ1v) is 15.6. The molecule has 0 spiro atoms. The number of nitrogens with zero attached hydrogens (tertiary/aromatic N) is 1. The van der Waals surface area contributed by atoms with E-state index in [0.717, 1.165) is 29.8 Å². The van der Waals surface area contributed by atoms with Gasteiger partial charge in [-0.2, -0.15) is 0 Å². The number of hydrogen-bond acceptors (Lipinski definition) is 8. The summed E-state index contributed by atoms with van der Waals surface area (Å²) in [5, 5.41) is 6.91. The molecular formula is C19H20ClF2IN2O8P-. The fourth-order valence-corrected chi connectivity index (χ4v) is 8.93. The van der Waals surface area contributed by atoms with Gasteiger partial charge in [-0.15, -0.1) is 0 Å². The number of H-pyrrole nitrogens is 1. The van der Waals surface area contributed by atoms with E-state index in [9.17, 15) is 23.7 Å². The summed E-state index contributed by atoms with van der Waals surface area (Å²) in [7, 11) is 0. The Hall–Kier alpha value is -1.19. The fourth-order valence-electron chi connectivity index (χ4n) is 3.64. The number of aliphatic hydroxyl groups excluding tert-OH is 1. The number of hydrogen-bond donors (Lipinski definition) is 2. The SMILES string of the molecule is C[C@@]1(F)[C@H](O)[C@@H](CO[I-][P@@]2(=O)OCC[C@@H](c3cc(F)cc(Cl)c3)O2)O[C@H]1n1ccc(=O)[nH]c1=O. The molecule has 0 radical (unpaired) electrons. The molecule has 2 saturated heterocycles. The molecule has 15 heteroatoms. The van der Waals surface area contributed by atoms with E-state index in [4.69, 9.17) is 28.5 Å². The maximum absolute atomic E-state index is 15.2. The molecule has 0 unspecified atom stereocenters. The summed E-state index contributed by atoms with van der Waals surface area (Å²) in [5.74, 6) is -0.559. The second kappa shape index (κ2) is 10.1. The van der Waals surface area contributed by atoms with E-state index in [1.54, 1.807) is 0 Å². The Balaban J connectivity index is 1.40. The molecule has 2 aromatic rings. The molecule has 10 nitrogen and oxygen atoms in total. The van der Waals surface area contributed by atoms with Crippen LogP contribution < -0.4 is 32.3 Å². The Kier molecular flexibility index (Phi) is 7.65. The second-order valence-corrected chi connectivity index (χ2v) is 15.1. The average molecular weight is 636 g/mol. The Labute approximate surface area is 206 Å². The predicted octanol–water partition coefficient (Wildman–Crippen LogP) is -0.377. The third kappa shape index (κ3) is 5.46. The average Bonchev–Trinajstić information content (AvgIpc) is 2.97. The van der Waals surface area contributed by atoms with Gasteiger partial charge in [0.2, 0.25) is 0 Å². The van der Waals surface area contributed by atoms with E-state index in [1.165, 1.54) is 12.1 Å². The van der Waals surface area contributed by atoms with Crippen molar-refractivity contribution in [1.29, 1.82) is 0 Å². The van der Waals surface area contributed by atoms with Crippen molar-refractivity contribution in [3.8, 4) is 0 Å². The third-order valence-electron chi connectivity index (χ3n) is 5.32. The number of alkyl halides is 1. The summed E-state index contributed by atoms with van der Waals surface area (Å²) in [5.41, 5.74) is -3.55. The summed E-state index contributed by atoms with van der Waals surface area (Å²) >= 11 is 4.18. The summed E-state index contributed by atoms with van der Waals surface area (Å²) < 4.78 is 64.7. The van der Waals surface area contributed by atoms with Crippen LogP contribution in [0.2, 0.25) is 5.02 Å². The van der Waals surface area contributed by atoms with Gasteiger partial charge in [0.25, 0.3) is 0 Å².